The summed E-state index contributed by atoms with van der Waals surface area (Å²) >= 11 is 0. The quantitative estimate of drug-likeness (QED) is 0.134. The number of esters is 1. The number of carbonyl (C=O) groups is 3. The van der Waals surface area contributed by atoms with Crippen molar-refractivity contribution in [1.82, 2.24) is 30.2 Å². The molecular formula is C32H45N7O8. The number of allylic oxidation sites excluding steroid dienone is 2. The van der Waals surface area contributed by atoms with Gasteiger partial charge in [-0.1, -0.05) is 31.9 Å². The molecule has 2 bridgehead atoms. The molecule has 4 N–H and O–H groups in total. The standard InChI is InChI=1S/C32H45N7O8/c1-4-5-12-34-31(43)38-30-36-26-23(28(42)37-30)35-17-39(26)29-25-24(46-32(2,3)47-25)21(45-29)16-44-22(40)9-7-6-8-13-33-27(41)20-15-18-10-11-19(20)14-18/h10-11,17-21,24-25,29H,4-9,12-16H2,1-3H3,(H,33,41)(H3,34,36,37,38,42,43)/t18?,19?,20?,21-,24-,25-,29-/m1/s1. The van der Waals surface area contributed by atoms with Gasteiger partial charge >= 0.3 is 12.0 Å². The minimum Gasteiger partial charge on any atom is -0.463 e. The molecule has 15 heteroatoms. The van der Waals surface area contributed by atoms with Crippen molar-refractivity contribution < 1.29 is 33.3 Å². The molecule has 0 radical (unpaired) electrons. The summed E-state index contributed by atoms with van der Waals surface area (Å²) in [6, 6.07) is -0.490. The third-order valence-electron chi connectivity index (χ3n) is 9.26. The molecule has 0 spiro atoms. The van der Waals surface area contributed by atoms with Gasteiger partial charge in [0.1, 0.15) is 24.9 Å². The molecule has 2 aliphatic heterocycles. The Hall–Kier alpha value is -3.82. The lowest BCUT2D eigenvalue weighted by molar-refractivity contribution is -0.202. The highest BCUT2D eigenvalue weighted by Crippen LogP contribution is 2.44. The van der Waals surface area contributed by atoms with Gasteiger partial charge in [-0.25, -0.2) is 9.78 Å². The number of ether oxygens (including phenoxy) is 4. The molecule has 1 saturated carbocycles. The zero-order valence-electron chi connectivity index (χ0n) is 27.2. The van der Waals surface area contributed by atoms with E-state index >= 15 is 0 Å². The van der Waals surface area contributed by atoms with E-state index in [2.05, 4.69) is 43.1 Å². The molecule has 6 rings (SSSR count). The number of aromatic nitrogens is 4. The lowest BCUT2D eigenvalue weighted by Crippen LogP contribution is -2.33. The number of fused-ring (bicyclic) bond motifs is 4. The van der Waals surface area contributed by atoms with Crippen LogP contribution in [0.2, 0.25) is 0 Å². The zero-order valence-corrected chi connectivity index (χ0v) is 27.2. The van der Waals surface area contributed by atoms with E-state index in [0.29, 0.717) is 31.3 Å². The summed E-state index contributed by atoms with van der Waals surface area (Å²) in [5.74, 6) is -0.112. The Morgan fingerprint density at radius 3 is 2.64 bits per heavy atom. The second kappa shape index (κ2) is 14.1. The van der Waals surface area contributed by atoms with Crippen LogP contribution in [0, 0.1) is 17.8 Å². The van der Waals surface area contributed by atoms with Crippen LogP contribution in [0.4, 0.5) is 10.7 Å². The van der Waals surface area contributed by atoms with Gasteiger partial charge in [0, 0.05) is 25.4 Å². The molecule has 2 aromatic heterocycles. The summed E-state index contributed by atoms with van der Waals surface area (Å²) in [5, 5.41) is 8.33. The Kier molecular flexibility index (Phi) is 9.94. The summed E-state index contributed by atoms with van der Waals surface area (Å²) in [6.45, 7) is 6.64. The van der Waals surface area contributed by atoms with Crippen molar-refractivity contribution >= 4 is 35.0 Å². The van der Waals surface area contributed by atoms with Gasteiger partial charge in [0.25, 0.3) is 5.56 Å². The first-order valence-corrected chi connectivity index (χ1v) is 16.8. The molecule has 47 heavy (non-hydrogen) atoms. The van der Waals surface area contributed by atoms with Gasteiger partial charge < -0.3 is 29.6 Å². The molecule has 3 fully saturated rings. The van der Waals surface area contributed by atoms with E-state index in [1.54, 1.807) is 18.4 Å². The topological polar surface area (TPSA) is 188 Å². The number of nitrogens with one attached hydrogen (secondary N) is 4. The van der Waals surface area contributed by atoms with Crippen molar-refractivity contribution in [3.05, 3.63) is 28.8 Å². The molecule has 2 aromatic rings. The third kappa shape index (κ3) is 7.52. The van der Waals surface area contributed by atoms with Crippen molar-refractivity contribution in [1.29, 1.82) is 0 Å². The van der Waals surface area contributed by atoms with E-state index in [4.69, 9.17) is 18.9 Å². The van der Waals surface area contributed by atoms with Crippen molar-refractivity contribution in [2.24, 2.45) is 17.8 Å². The fraction of sp³-hybridized carbons (Fsp3) is 0.688. The number of imidazole rings is 1. The Morgan fingerprint density at radius 1 is 1.06 bits per heavy atom. The molecule has 4 aliphatic rings. The van der Waals surface area contributed by atoms with Gasteiger partial charge in [-0.3, -0.25) is 29.3 Å². The average molecular weight is 656 g/mol. The van der Waals surface area contributed by atoms with E-state index in [-0.39, 0.29) is 47.9 Å². The Balaban J connectivity index is 1.00. The number of aromatic amines is 1. The highest BCUT2D eigenvalue weighted by atomic mass is 16.8. The number of rotatable bonds is 14. The second-order valence-corrected chi connectivity index (χ2v) is 13.3. The minimum atomic E-state index is -0.923. The Labute approximate surface area is 272 Å². The van der Waals surface area contributed by atoms with Crippen molar-refractivity contribution in [3.8, 4) is 0 Å². The molecule has 15 nitrogen and oxygen atoms in total. The molecule has 0 aromatic carbocycles. The molecule has 2 saturated heterocycles. The number of nitrogens with zero attached hydrogens (tertiary/aromatic N) is 3. The molecule has 256 valence electrons. The number of amides is 3. The average Bonchev–Trinajstić information content (AvgIpc) is 3.85. The SMILES string of the molecule is CCCCNC(=O)Nc1nc2c(ncn2[C@@H]2O[C@H](COC(=O)CCCCCNC(=O)C3CC4C=CC3C4)[C@H]3OC(C)(C)O[C@H]32)c(=O)[nH]1. The second-order valence-electron chi connectivity index (χ2n) is 13.3. The number of hydrogen-bond acceptors (Lipinski definition) is 10. The van der Waals surface area contributed by atoms with E-state index in [1.807, 2.05) is 6.92 Å². The van der Waals surface area contributed by atoms with Crippen LogP contribution in [0.3, 0.4) is 0 Å². The zero-order chi connectivity index (χ0) is 33.1. The van der Waals surface area contributed by atoms with E-state index in [1.165, 1.54) is 6.33 Å². The molecule has 2 aliphatic carbocycles. The predicted molar refractivity (Wildman–Crippen MR) is 169 cm³/mol. The summed E-state index contributed by atoms with van der Waals surface area (Å²) < 4.78 is 25.8. The number of unbranched alkanes of at least 4 members (excludes halogenated alkanes) is 3. The van der Waals surface area contributed by atoms with Gasteiger partial charge in [0.05, 0.1) is 6.33 Å². The Bertz CT molecular complexity index is 1550. The lowest BCUT2D eigenvalue weighted by Gasteiger charge is -2.24. The van der Waals surface area contributed by atoms with Crippen LogP contribution in [0.1, 0.15) is 78.4 Å². The number of hydrogen-bond donors (Lipinski definition) is 4. The molecule has 4 heterocycles. The Morgan fingerprint density at radius 2 is 1.87 bits per heavy atom. The van der Waals surface area contributed by atoms with Crippen molar-refractivity contribution in [2.75, 3.05) is 25.0 Å². The van der Waals surface area contributed by atoms with Gasteiger partial charge in [-0.05, 0) is 57.8 Å². The summed E-state index contributed by atoms with van der Waals surface area (Å²) in [5.41, 5.74) is -0.268. The number of urea groups is 1. The van der Waals surface area contributed by atoms with Gasteiger partial charge in [0.15, 0.2) is 23.2 Å². The highest BCUT2D eigenvalue weighted by molar-refractivity contribution is 5.88. The molecular weight excluding hydrogens is 610 g/mol. The highest BCUT2D eigenvalue weighted by Gasteiger charge is 2.56. The molecule has 3 unspecified atom stereocenters. The van der Waals surface area contributed by atoms with E-state index < -0.39 is 41.9 Å². The lowest BCUT2D eigenvalue weighted by atomic mass is 9.93. The first-order chi connectivity index (χ1) is 22.6. The number of H-pyrrole nitrogens is 1. The van der Waals surface area contributed by atoms with Crippen LogP contribution in [0.5, 0.6) is 0 Å². The van der Waals surface area contributed by atoms with Crippen molar-refractivity contribution in [3.63, 3.8) is 0 Å². The normalized spacial score (nSPS) is 28.4. The van der Waals surface area contributed by atoms with Crippen LogP contribution in [-0.4, -0.2) is 81.2 Å². The smallest absolute Gasteiger partial charge is 0.321 e. The fourth-order valence-corrected chi connectivity index (χ4v) is 6.96. The maximum Gasteiger partial charge on any atom is 0.321 e. The summed E-state index contributed by atoms with van der Waals surface area (Å²) in [7, 11) is 0. The van der Waals surface area contributed by atoms with Crippen LogP contribution >= 0.6 is 0 Å². The monoisotopic (exact) mass is 655 g/mol. The first-order valence-electron chi connectivity index (χ1n) is 16.8. The van der Waals surface area contributed by atoms with Crippen LogP contribution in [0.15, 0.2) is 23.3 Å². The van der Waals surface area contributed by atoms with Crippen LogP contribution in [-0.2, 0) is 28.5 Å². The van der Waals surface area contributed by atoms with E-state index in [0.717, 1.165) is 38.5 Å². The van der Waals surface area contributed by atoms with Crippen LogP contribution < -0.4 is 21.5 Å². The maximum absolute atomic E-state index is 12.8. The van der Waals surface area contributed by atoms with Gasteiger partial charge in [-0.2, -0.15) is 4.98 Å². The van der Waals surface area contributed by atoms with Crippen LogP contribution in [0.25, 0.3) is 11.2 Å². The largest absolute Gasteiger partial charge is 0.463 e. The minimum absolute atomic E-state index is 0.0392. The van der Waals surface area contributed by atoms with Gasteiger partial charge in [-0.15, -0.1) is 0 Å². The number of anilines is 1. The summed E-state index contributed by atoms with van der Waals surface area (Å²) in [6.07, 6.45) is 9.52. The van der Waals surface area contributed by atoms with Crippen molar-refractivity contribution in [2.45, 2.75) is 102 Å². The van der Waals surface area contributed by atoms with E-state index in [9.17, 15) is 19.2 Å². The van der Waals surface area contributed by atoms with Gasteiger partial charge in [0.2, 0.25) is 11.9 Å². The fourth-order valence-electron chi connectivity index (χ4n) is 6.96. The predicted octanol–water partition coefficient (Wildman–Crippen LogP) is 2.89. The molecule has 7 atom stereocenters. The first kappa shape index (κ1) is 33.1. The summed E-state index contributed by atoms with van der Waals surface area (Å²) in [4.78, 5) is 61.4. The maximum atomic E-state index is 12.8. The molecule has 3 amide bonds. The number of carbonyl (C=O) groups excluding carboxylic acids is 3. The third-order valence-corrected chi connectivity index (χ3v) is 9.26.